The molecule has 0 aromatic carbocycles. The maximum absolute atomic E-state index is 8.50. The minimum atomic E-state index is -2.00. The summed E-state index contributed by atoms with van der Waals surface area (Å²) in [6.45, 7) is 0. The molecule has 0 aromatic rings. The Morgan fingerprint density at radius 1 is 1.17 bits per heavy atom. The van der Waals surface area contributed by atoms with Gasteiger partial charge in [0, 0.05) is 55.2 Å². The van der Waals surface area contributed by atoms with Crippen LogP contribution in [-0.2, 0) is 80.9 Å². The SMILES string of the molecule is [Co].[Cr].[O]=[Ti]=[O].[Pt]. The van der Waals surface area contributed by atoms with Crippen molar-refractivity contribution >= 4 is 0 Å². The molecule has 41 valence electrons. The Balaban J connectivity index is -0.00000000667. The molecule has 0 fully saturated rings. The van der Waals surface area contributed by atoms with Gasteiger partial charge < -0.3 is 0 Å². The molecule has 0 amide bonds. The van der Waals surface area contributed by atoms with E-state index < -0.39 is 19.1 Å². The van der Waals surface area contributed by atoms with Crippen molar-refractivity contribution in [1.29, 1.82) is 0 Å². The van der Waals surface area contributed by atoms with Crippen molar-refractivity contribution < 1.29 is 80.9 Å². The van der Waals surface area contributed by atoms with Crippen molar-refractivity contribution in [3.05, 3.63) is 0 Å². The van der Waals surface area contributed by atoms with E-state index >= 15 is 0 Å². The molecule has 0 aliphatic carbocycles. The summed E-state index contributed by atoms with van der Waals surface area (Å²) in [6, 6.07) is 0. The molecule has 0 rings (SSSR count). The van der Waals surface area contributed by atoms with Gasteiger partial charge in [-0.25, -0.2) is 0 Å². The van der Waals surface area contributed by atoms with Crippen LogP contribution in [0.5, 0.6) is 0 Å². The molecule has 0 unspecified atom stereocenters. The third-order valence-corrected chi connectivity index (χ3v) is 0. The van der Waals surface area contributed by atoms with Gasteiger partial charge in [0.25, 0.3) is 0 Å². The molecule has 6 heavy (non-hydrogen) atoms. The molecule has 0 heterocycles. The van der Waals surface area contributed by atoms with E-state index in [0.29, 0.717) is 0 Å². The van der Waals surface area contributed by atoms with Crippen molar-refractivity contribution in [2.24, 2.45) is 0 Å². The van der Waals surface area contributed by atoms with Crippen molar-refractivity contribution in [2.45, 2.75) is 0 Å². The average molecular weight is 386 g/mol. The van der Waals surface area contributed by atoms with Gasteiger partial charge in [0.15, 0.2) is 0 Å². The van der Waals surface area contributed by atoms with E-state index in [9.17, 15) is 0 Å². The predicted molar refractivity (Wildman–Crippen MR) is 1.37 cm³/mol. The zero-order valence-electron chi connectivity index (χ0n) is 2.37. The largest absolute Gasteiger partial charge is 0 e. The zero-order chi connectivity index (χ0) is 2.71. The van der Waals surface area contributed by atoms with E-state index in [1.54, 1.807) is 0 Å². The fraction of sp³-hybridized carbons (Fsp3) is 0. The minimum absolute atomic E-state index is 0. The summed E-state index contributed by atoms with van der Waals surface area (Å²) in [7, 11) is 0. The summed E-state index contributed by atoms with van der Waals surface area (Å²) >= 11 is -2.00. The molecule has 0 bridgehead atoms. The van der Waals surface area contributed by atoms with E-state index in [1.807, 2.05) is 0 Å². The predicted octanol–water partition coefficient (Wildman–Crippen LogP) is -0.248. The Morgan fingerprint density at radius 2 is 1.17 bits per heavy atom. The molecule has 1 radical (unpaired) electrons. The first-order valence-electron chi connectivity index (χ1n) is 0.408. The molecular weight excluding hydrogens is 386 g/mol. The van der Waals surface area contributed by atoms with Gasteiger partial charge in [0.1, 0.15) is 0 Å². The maximum atomic E-state index is 8.50. The van der Waals surface area contributed by atoms with Gasteiger partial charge in [-0.15, -0.1) is 0 Å². The quantitative estimate of drug-likeness (QED) is 0.539. The van der Waals surface area contributed by atoms with Crippen LogP contribution in [0.15, 0.2) is 0 Å². The van der Waals surface area contributed by atoms with Gasteiger partial charge >= 0.3 is 25.7 Å². The molecule has 0 saturated heterocycles. The van der Waals surface area contributed by atoms with Gasteiger partial charge in [-0.2, -0.15) is 0 Å². The molecular formula is CoCrO2PtTi. The fourth-order valence-corrected chi connectivity index (χ4v) is 0. The Kier molecular flexibility index (Phi) is 113. The normalized spacial score (nSPS) is 1.33. The Hall–Kier alpha value is 2.04. The van der Waals surface area contributed by atoms with Crippen molar-refractivity contribution in [3.8, 4) is 0 Å². The molecule has 0 N–H and O–H groups in total. The van der Waals surface area contributed by atoms with Gasteiger partial charge in [-0.1, -0.05) is 0 Å². The van der Waals surface area contributed by atoms with Crippen LogP contribution in [0.2, 0.25) is 0 Å². The monoisotopic (exact) mass is 386 g/mol. The standard InChI is InChI=1S/Co.Cr.2O.Pt.Ti. The van der Waals surface area contributed by atoms with Gasteiger partial charge in [0.05, 0.1) is 0 Å². The van der Waals surface area contributed by atoms with Gasteiger partial charge in [-0.3, -0.25) is 0 Å². The smallest absolute Gasteiger partial charge is 0 e. The third kappa shape index (κ3) is 36.8. The summed E-state index contributed by atoms with van der Waals surface area (Å²) in [5.74, 6) is 0. The number of rotatable bonds is 0. The summed E-state index contributed by atoms with van der Waals surface area (Å²) in [6.07, 6.45) is 0. The Labute approximate surface area is 80.0 Å². The molecule has 0 atom stereocenters. The molecule has 0 aliphatic rings. The maximum Gasteiger partial charge on any atom is 0 e. The molecule has 0 saturated carbocycles. The van der Waals surface area contributed by atoms with E-state index in [0.717, 1.165) is 0 Å². The van der Waals surface area contributed by atoms with Crippen LogP contribution < -0.4 is 0 Å². The van der Waals surface area contributed by atoms with Crippen LogP contribution in [0.25, 0.3) is 0 Å². The topological polar surface area (TPSA) is 34.1 Å². The van der Waals surface area contributed by atoms with E-state index in [4.69, 9.17) is 6.65 Å². The second kappa shape index (κ2) is 27.8. The third-order valence-electron chi connectivity index (χ3n) is 0. The first-order valence-corrected chi connectivity index (χ1v) is 1.68. The van der Waals surface area contributed by atoms with Crippen LogP contribution in [0.4, 0.5) is 0 Å². The van der Waals surface area contributed by atoms with Crippen LogP contribution in [0.3, 0.4) is 0 Å². The van der Waals surface area contributed by atoms with Crippen LogP contribution in [0.1, 0.15) is 0 Å². The van der Waals surface area contributed by atoms with Crippen molar-refractivity contribution in [1.82, 2.24) is 0 Å². The van der Waals surface area contributed by atoms with Crippen molar-refractivity contribution in [3.63, 3.8) is 0 Å². The Bertz CT molecular complexity index is 34.5. The Morgan fingerprint density at radius 3 is 1.17 bits per heavy atom. The molecule has 0 spiro atoms. The molecule has 6 heteroatoms. The number of hydrogen-bond donors (Lipinski definition) is 0. The van der Waals surface area contributed by atoms with Crippen LogP contribution in [-0.4, -0.2) is 0 Å². The van der Waals surface area contributed by atoms with Crippen LogP contribution in [0, 0.1) is 0 Å². The minimum Gasteiger partial charge on any atom is 0 e. The summed E-state index contributed by atoms with van der Waals surface area (Å²) < 4.78 is 17.0. The summed E-state index contributed by atoms with van der Waals surface area (Å²) in [4.78, 5) is 0. The first kappa shape index (κ1) is 24.4. The summed E-state index contributed by atoms with van der Waals surface area (Å²) in [5, 5.41) is 0. The van der Waals surface area contributed by atoms with E-state index in [1.165, 1.54) is 0 Å². The average Bonchev–Trinajstić information content (AvgIpc) is 0.918. The summed E-state index contributed by atoms with van der Waals surface area (Å²) in [5.41, 5.74) is 0. The second-order valence-electron chi connectivity index (χ2n) is 0.0833. The van der Waals surface area contributed by atoms with Crippen LogP contribution >= 0.6 is 0 Å². The second-order valence-corrected chi connectivity index (χ2v) is 0.344. The molecule has 0 aromatic heterocycles. The molecule has 0 aliphatic heterocycles. The molecule has 2 nitrogen and oxygen atoms in total. The van der Waals surface area contributed by atoms with Gasteiger partial charge in [-0.05, 0) is 0 Å². The zero-order valence-corrected chi connectivity index (χ0v) is 8.52. The van der Waals surface area contributed by atoms with E-state index in [-0.39, 0.29) is 55.2 Å². The number of hydrogen-bond acceptors (Lipinski definition) is 2. The first-order chi connectivity index (χ1) is 1.41. The van der Waals surface area contributed by atoms with Crippen molar-refractivity contribution in [2.75, 3.05) is 0 Å². The van der Waals surface area contributed by atoms with Gasteiger partial charge in [0.2, 0.25) is 0 Å². The van der Waals surface area contributed by atoms with E-state index in [2.05, 4.69) is 0 Å². The fourth-order valence-electron chi connectivity index (χ4n) is 0.